The van der Waals surface area contributed by atoms with Crippen molar-refractivity contribution in [1.82, 2.24) is 0 Å². The molecule has 0 saturated heterocycles. The van der Waals surface area contributed by atoms with Gasteiger partial charge in [-0.25, -0.2) is 0 Å². The van der Waals surface area contributed by atoms with Crippen molar-refractivity contribution in [2.45, 2.75) is 0 Å². The molecule has 0 N–H and O–H groups in total. The molecule has 0 fully saturated rings. The highest BCUT2D eigenvalue weighted by Gasteiger charge is 2.37. The van der Waals surface area contributed by atoms with Crippen molar-refractivity contribution < 1.29 is 0 Å². The van der Waals surface area contributed by atoms with E-state index in [0.717, 1.165) is 0 Å². The largest absolute Gasteiger partial charge is 0.171 e. The van der Waals surface area contributed by atoms with Gasteiger partial charge < -0.3 is 0 Å². The Bertz CT molecular complexity index is 1540. The smallest absolute Gasteiger partial charge is 0.106 e. The predicted molar refractivity (Wildman–Crippen MR) is 187 cm³/mol. The summed E-state index contributed by atoms with van der Waals surface area (Å²) in [4.78, 5) is 0. The first kappa shape index (κ1) is 27.4. The zero-order chi connectivity index (χ0) is 28.8. The van der Waals surface area contributed by atoms with Gasteiger partial charge in [-0.1, -0.05) is 181 Å². The van der Waals surface area contributed by atoms with Crippen LogP contribution in [-0.2, 0) is 0 Å². The second-order valence-corrected chi connectivity index (χ2v) is 18.2. The second-order valence-electron chi connectivity index (χ2n) is 10.6. The van der Waals surface area contributed by atoms with E-state index in [0.29, 0.717) is 0 Å². The van der Waals surface area contributed by atoms with E-state index < -0.39 is 16.1 Å². The minimum absolute atomic E-state index is 1.21. The average molecular weight is 571 g/mol. The molecule has 0 atom stereocenters. The molecule has 0 amide bonds. The zero-order valence-electron chi connectivity index (χ0n) is 23.7. The zero-order valence-corrected chi connectivity index (χ0v) is 25.7. The monoisotopic (exact) mass is 570 g/mol. The summed E-state index contributed by atoms with van der Waals surface area (Å²) in [5.41, 5.74) is 6.86. The topological polar surface area (TPSA) is 0 Å². The number of rotatable bonds is 9. The van der Waals surface area contributed by atoms with Gasteiger partial charge >= 0.3 is 0 Å². The Hall–Kier alpha value is -4.77. The van der Waals surface area contributed by atoms with E-state index in [2.05, 4.69) is 194 Å². The highest BCUT2D eigenvalue weighted by atomic mass is 28.3. The van der Waals surface area contributed by atoms with E-state index >= 15 is 0 Å². The molecule has 42 heavy (non-hydrogen) atoms. The first-order chi connectivity index (χ1) is 20.7. The molecule has 0 saturated carbocycles. The summed E-state index contributed by atoms with van der Waals surface area (Å²) >= 11 is 0. The molecule has 0 radical (unpaired) electrons. The van der Waals surface area contributed by atoms with Gasteiger partial charge in [-0.3, -0.25) is 0 Å². The van der Waals surface area contributed by atoms with Crippen LogP contribution in [0.15, 0.2) is 194 Å². The van der Waals surface area contributed by atoms with E-state index in [9.17, 15) is 0 Å². The molecule has 2 heteroatoms. The first-order valence-electron chi connectivity index (χ1n) is 14.4. The lowest BCUT2D eigenvalue weighted by Gasteiger charge is -2.31. The minimum Gasteiger partial charge on any atom is -0.106 e. The molecular weight excluding hydrogens is 537 g/mol. The molecule has 6 aromatic carbocycles. The summed E-state index contributed by atoms with van der Waals surface area (Å²) in [7, 11) is -4.75. The summed E-state index contributed by atoms with van der Waals surface area (Å²) in [6.07, 6.45) is 0. The van der Waals surface area contributed by atoms with Gasteiger partial charge in [0.25, 0.3) is 0 Å². The minimum atomic E-state index is -2.38. The number of hydrogen-bond acceptors (Lipinski definition) is 0. The van der Waals surface area contributed by atoms with E-state index in [4.69, 9.17) is 0 Å². The van der Waals surface area contributed by atoms with E-state index in [1.165, 1.54) is 42.2 Å². The van der Waals surface area contributed by atoms with Crippen molar-refractivity contribution in [3.63, 3.8) is 0 Å². The van der Waals surface area contributed by atoms with Crippen LogP contribution in [0.4, 0.5) is 0 Å². The third-order valence-electron chi connectivity index (χ3n) is 8.54. The van der Waals surface area contributed by atoms with Gasteiger partial charge in [-0.2, -0.15) is 0 Å². The van der Waals surface area contributed by atoms with E-state index in [1.807, 2.05) is 0 Å². The summed E-state index contributed by atoms with van der Waals surface area (Å²) in [6, 6.07) is 61.8. The quantitative estimate of drug-likeness (QED) is 0.154. The van der Waals surface area contributed by atoms with Gasteiger partial charge in [-0.05, 0) is 42.2 Å². The van der Waals surface area contributed by atoms with Crippen molar-refractivity contribution in [2.24, 2.45) is 0 Å². The Morgan fingerprint density at radius 1 is 0.286 bits per heavy atom. The molecule has 0 spiro atoms. The van der Waals surface area contributed by atoms with Crippen molar-refractivity contribution >= 4 is 47.3 Å². The molecule has 0 nitrogen and oxygen atoms in total. The third kappa shape index (κ3) is 4.75. The molecule has 0 aromatic heterocycles. The van der Waals surface area contributed by atoms with Crippen LogP contribution in [-0.4, -0.2) is 16.1 Å². The number of benzene rings is 6. The molecule has 6 aromatic rings. The van der Waals surface area contributed by atoms with Crippen LogP contribution < -0.4 is 31.1 Å². The molecular formula is C40H34Si2. The van der Waals surface area contributed by atoms with Crippen LogP contribution in [0.2, 0.25) is 0 Å². The van der Waals surface area contributed by atoms with Gasteiger partial charge in [0.1, 0.15) is 0 Å². The lowest BCUT2D eigenvalue weighted by molar-refractivity contribution is 1.63. The molecule has 0 heterocycles. The fourth-order valence-corrected chi connectivity index (χ4v) is 14.0. The molecule has 0 aliphatic heterocycles. The highest BCUT2D eigenvalue weighted by Crippen LogP contribution is 2.20. The standard InChI is InChI=1S/C40H34Si2/c1-3-41(35-17-9-5-10-18-35,36-19-11-6-12-20-36)39-29-25-33(26-30-39)34-27-31-40(32-28-34)42(4-2,37-21-13-7-14-22-37)38-23-15-8-16-24-38/h3-32H,1-2H2. The Morgan fingerprint density at radius 2 is 0.500 bits per heavy atom. The van der Waals surface area contributed by atoms with Crippen LogP contribution in [0.1, 0.15) is 0 Å². The maximum atomic E-state index is 4.39. The number of hydrogen-bond donors (Lipinski definition) is 0. The highest BCUT2D eigenvalue weighted by molar-refractivity contribution is 7.15. The predicted octanol–water partition coefficient (Wildman–Crippen LogP) is 5.74. The Balaban J connectivity index is 1.40. The van der Waals surface area contributed by atoms with Gasteiger partial charge in [0.15, 0.2) is 16.1 Å². The van der Waals surface area contributed by atoms with Crippen molar-refractivity contribution in [1.29, 1.82) is 0 Å². The first-order valence-corrected chi connectivity index (χ1v) is 18.6. The average Bonchev–Trinajstić information content (AvgIpc) is 3.09. The Kier molecular flexibility index (Phi) is 7.83. The summed E-state index contributed by atoms with van der Waals surface area (Å²) in [6.45, 7) is 8.78. The van der Waals surface area contributed by atoms with Gasteiger partial charge in [0, 0.05) is 0 Å². The van der Waals surface area contributed by atoms with Crippen molar-refractivity contribution in [3.8, 4) is 11.1 Å². The fraction of sp³-hybridized carbons (Fsp3) is 0. The molecule has 6 rings (SSSR count). The summed E-state index contributed by atoms with van der Waals surface area (Å²) < 4.78 is 0. The molecule has 0 aliphatic carbocycles. The van der Waals surface area contributed by atoms with E-state index in [-0.39, 0.29) is 0 Å². The van der Waals surface area contributed by atoms with E-state index in [1.54, 1.807) is 0 Å². The summed E-state index contributed by atoms with van der Waals surface area (Å²) in [5.74, 6) is 0. The van der Waals surface area contributed by atoms with Gasteiger partial charge in [0.2, 0.25) is 0 Å². The van der Waals surface area contributed by atoms with Gasteiger partial charge in [0.05, 0.1) is 0 Å². The van der Waals surface area contributed by atoms with Crippen LogP contribution in [0.3, 0.4) is 0 Å². The maximum Gasteiger partial charge on any atom is 0.171 e. The van der Waals surface area contributed by atoms with Crippen LogP contribution in [0, 0.1) is 0 Å². The maximum absolute atomic E-state index is 4.39. The van der Waals surface area contributed by atoms with Crippen LogP contribution in [0.5, 0.6) is 0 Å². The summed E-state index contributed by atoms with van der Waals surface area (Å²) in [5, 5.41) is 8.04. The molecule has 202 valence electrons. The lowest BCUT2D eigenvalue weighted by Crippen LogP contribution is -2.65. The fourth-order valence-electron chi connectivity index (χ4n) is 6.36. The molecule has 0 unspecified atom stereocenters. The normalized spacial score (nSPS) is 11.5. The van der Waals surface area contributed by atoms with Crippen molar-refractivity contribution in [2.75, 3.05) is 0 Å². The van der Waals surface area contributed by atoms with Crippen LogP contribution >= 0.6 is 0 Å². The lowest BCUT2D eigenvalue weighted by atomic mass is 10.1. The third-order valence-corrected chi connectivity index (χ3v) is 17.2. The van der Waals surface area contributed by atoms with Crippen molar-refractivity contribution in [3.05, 3.63) is 194 Å². The molecule has 0 aliphatic rings. The second kappa shape index (κ2) is 12.0. The van der Waals surface area contributed by atoms with Crippen LogP contribution in [0.25, 0.3) is 11.1 Å². The molecule has 0 bridgehead atoms. The Morgan fingerprint density at radius 3 is 0.714 bits per heavy atom. The van der Waals surface area contributed by atoms with Gasteiger partial charge in [-0.15, -0.1) is 13.2 Å². The Labute approximate surface area is 252 Å². The SMILES string of the molecule is C=C[Si](c1ccccc1)(c1ccccc1)c1ccc(-c2ccc([Si](C=C)(c3ccccc3)c3ccccc3)cc2)cc1.